The maximum Gasteiger partial charge on any atom is 0.168 e. The lowest BCUT2D eigenvalue weighted by molar-refractivity contribution is 0.320. The molecule has 1 nitrogen and oxygen atoms in total. The Morgan fingerprint density at radius 1 is 1.47 bits per heavy atom. The van der Waals surface area contributed by atoms with Crippen molar-refractivity contribution in [1.82, 2.24) is 0 Å². The molecule has 82 valence electrons. The summed E-state index contributed by atoms with van der Waals surface area (Å²) >= 11 is 0. The summed E-state index contributed by atoms with van der Waals surface area (Å²) < 4.78 is 18.9. The van der Waals surface area contributed by atoms with Gasteiger partial charge in [-0.2, -0.15) is 0 Å². The van der Waals surface area contributed by atoms with Gasteiger partial charge in [-0.25, -0.2) is 4.39 Å². The summed E-state index contributed by atoms with van der Waals surface area (Å²) in [7, 11) is 0. The van der Waals surface area contributed by atoms with E-state index in [0.29, 0.717) is 17.9 Å². The topological polar surface area (TPSA) is 9.23 Å². The van der Waals surface area contributed by atoms with Crippen LogP contribution in [0.2, 0.25) is 0 Å². The van der Waals surface area contributed by atoms with Crippen LogP contribution in [0.4, 0.5) is 4.39 Å². The Morgan fingerprint density at radius 2 is 2.20 bits per heavy atom. The van der Waals surface area contributed by atoms with E-state index >= 15 is 0 Å². The number of halogens is 1. The summed E-state index contributed by atoms with van der Waals surface area (Å²) in [4.78, 5) is 0. The zero-order valence-electron chi connectivity index (χ0n) is 9.35. The van der Waals surface area contributed by atoms with Gasteiger partial charge in [0.15, 0.2) is 11.6 Å². The van der Waals surface area contributed by atoms with Gasteiger partial charge in [-0.3, -0.25) is 0 Å². The van der Waals surface area contributed by atoms with Crippen molar-refractivity contribution >= 4 is 0 Å². The van der Waals surface area contributed by atoms with Gasteiger partial charge in [0.2, 0.25) is 0 Å². The molecular weight excluding hydrogens is 191 g/mol. The monoisotopic (exact) mass is 208 g/mol. The number of hydrogen-bond acceptors (Lipinski definition) is 1. The van der Waals surface area contributed by atoms with Gasteiger partial charge in [0.1, 0.15) is 0 Å². The van der Waals surface area contributed by atoms with Gasteiger partial charge >= 0.3 is 0 Å². The molecule has 0 aromatic heterocycles. The predicted octanol–water partition coefficient (Wildman–Crippen LogP) is 3.65. The van der Waals surface area contributed by atoms with Crippen LogP contribution in [0.25, 0.3) is 0 Å². The van der Waals surface area contributed by atoms with Crippen LogP contribution in [0.5, 0.6) is 5.75 Å². The highest BCUT2D eigenvalue weighted by Crippen LogP contribution is 2.24. The van der Waals surface area contributed by atoms with Crippen molar-refractivity contribution < 1.29 is 9.13 Å². The Morgan fingerprint density at radius 3 is 2.80 bits per heavy atom. The van der Waals surface area contributed by atoms with E-state index in [2.05, 4.69) is 6.58 Å². The molecule has 0 unspecified atom stereocenters. The van der Waals surface area contributed by atoms with Gasteiger partial charge in [0, 0.05) is 0 Å². The fourth-order valence-electron chi connectivity index (χ4n) is 1.50. The Labute approximate surface area is 90.6 Å². The predicted molar refractivity (Wildman–Crippen MR) is 60.8 cm³/mol. The standard InChI is InChI=1S/C13H17FO/c1-4-6-7-11-8-9-12(15-5-2)13(14)10(11)3/h4,8-9H,1,5-7H2,2-3H3. The minimum absolute atomic E-state index is 0.238. The lowest BCUT2D eigenvalue weighted by atomic mass is 10.0. The summed E-state index contributed by atoms with van der Waals surface area (Å²) in [6, 6.07) is 3.62. The van der Waals surface area contributed by atoms with Crippen LogP contribution in [0.3, 0.4) is 0 Å². The molecule has 1 aromatic carbocycles. The number of aryl methyl sites for hydroxylation is 1. The van der Waals surface area contributed by atoms with E-state index in [-0.39, 0.29) is 5.82 Å². The molecule has 0 bridgehead atoms. The van der Waals surface area contributed by atoms with Crippen molar-refractivity contribution in [2.24, 2.45) is 0 Å². The molecule has 2 heteroatoms. The van der Waals surface area contributed by atoms with Gasteiger partial charge in [-0.05, 0) is 43.9 Å². The minimum Gasteiger partial charge on any atom is -0.491 e. The molecule has 1 aromatic rings. The Hall–Kier alpha value is -1.31. The summed E-state index contributed by atoms with van der Waals surface area (Å²) in [5.74, 6) is 0.107. The van der Waals surface area contributed by atoms with Crippen LogP contribution in [0.1, 0.15) is 24.5 Å². The Bertz CT molecular complexity index is 345. The highest BCUT2D eigenvalue weighted by Gasteiger charge is 2.09. The second-order valence-corrected chi connectivity index (χ2v) is 3.42. The quantitative estimate of drug-likeness (QED) is 0.671. The first-order chi connectivity index (χ1) is 7.20. The summed E-state index contributed by atoms with van der Waals surface area (Å²) in [5.41, 5.74) is 1.71. The smallest absolute Gasteiger partial charge is 0.168 e. The first-order valence-corrected chi connectivity index (χ1v) is 5.22. The zero-order valence-corrected chi connectivity index (χ0v) is 9.35. The second-order valence-electron chi connectivity index (χ2n) is 3.42. The molecule has 0 spiro atoms. The van der Waals surface area contributed by atoms with E-state index in [0.717, 1.165) is 18.4 Å². The van der Waals surface area contributed by atoms with Crippen LogP contribution >= 0.6 is 0 Å². The molecule has 0 aliphatic heterocycles. The van der Waals surface area contributed by atoms with E-state index in [1.807, 2.05) is 19.1 Å². The van der Waals surface area contributed by atoms with Crippen LogP contribution in [-0.4, -0.2) is 6.61 Å². The average molecular weight is 208 g/mol. The van der Waals surface area contributed by atoms with Crippen LogP contribution in [0.15, 0.2) is 24.8 Å². The lowest BCUT2D eigenvalue weighted by Crippen LogP contribution is -1.99. The van der Waals surface area contributed by atoms with E-state index < -0.39 is 0 Å². The van der Waals surface area contributed by atoms with Crippen molar-refractivity contribution in [3.05, 3.63) is 41.7 Å². The maximum atomic E-state index is 13.7. The maximum absolute atomic E-state index is 13.7. The molecule has 0 radical (unpaired) electrons. The summed E-state index contributed by atoms with van der Waals surface area (Å²) in [6.45, 7) is 7.78. The molecule has 1 rings (SSSR count). The van der Waals surface area contributed by atoms with Gasteiger partial charge in [0.25, 0.3) is 0 Å². The third kappa shape index (κ3) is 2.82. The van der Waals surface area contributed by atoms with Gasteiger partial charge in [-0.15, -0.1) is 6.58 Å². The fourth-order valence-corrected chi connectivity index (χ4v) is 1.50. The van der Waals surface area contributed by atoms with Crippen molar-refractivity contribution in [1.29, 1.82) is 0 Å². The SMILES string of the molecule is C=CCCc1ccc(OCC)c(F)c1C. The largest absolute Gasteiger partial charge is 0.491 e. The van der Waals surface area contributed by atoms with Crippen molar-refractivity contribution in [3.8, 4) is 5.75 Å². The first-order valence-electron chi connectivity index (χ1n) is 5.22. The van der Waals surface area contributed by atoms with Crippen LogP contribution in [-0.2, 0) is 6.42 Å². The molecule has 0 aliphatic carbocycles. The number of allylic oxidation sites excluding steroid dienone is 1. The molecule has 0 atom stereocenters. The van der Waals surface area contributed by atoms with E-state index in [1.165, 1.54) is 0 Å². The molecular formula is C13H17FO. The average Bonchev–Trinajstić information content (AvgIpc) is 2.24. The van der Waals surface area contributed by atoms with Gasteiger partial charge < -0.3 is 4.74 Å². The zero-order chi connectivity index (χ0) is 11.3. The molecule has 15 heavy (non-hydrogen) atoms. The molecule has 0 fully saturated rings. The van der Waals surface area contributed by atoms with E-state index in [1.54, 1.807) is 13.0 Å². The van der Waals surface area contributed by atoms with E-state index in [4.69, 9.17) is 4.74 Å². The Kier molecular flexibility index (Phi) is 4.35. The van der Waals surface area contributed by atoms with Gasteiger partial charge in [0.05, 0.1) is 6.61 Å². The van der Waals surface area contributed by atoms with Crippen molar-refractivity contribution in [2.45, 2.75) is 26.7 Å². The first kappa shape index (κ1) is 11.8. The second kappa shape index (κ2) is 5.54. The number of hydrogen-bond donors (Lipinski definition) is 0. The third-order valence-corrected chi connectivity index (χ3v) is 2.38. The van der Waals surface area contributed by atoms with Crippen molar-refractivity contribution in [3.63, 3.8) is 0 Å². The lowest BCUT2D eigenvalue weighted by Gasteiger charge is -2.10. The minimum atomic E-state index is -0.238. The molecule has 0 N–H and O–H groups in total. The molecule has 0 saturated carbocycles. The molecule has 0 amide bonds. The summed E-state index contributed by atoms with van der Waals surface area (Å²) in [5, 5.41) is 0. The third-order valence-electron chi connectivity index (χ3n) is 2.38. The highest BCUT2D eigenvalue weighted by molar-refractivity contribution is 5.37. The molecule has 0 aliphatic rings. The number of ether oxygens (including phenoxy) is 1. The van der Waals surface area contributed by atoms with Crippen molar-refractivity contribution in [2.75, 3.05) is 6.61 Å². The summed E-state index contributed by atoms with van der Waals surface area (Å²) in [6.07, 6.45) is 3.54. The van der Waals surface area contributed by atoms with Crippen LogP contribution in [0, 0.1) is 12.7 Å². The van der Waals surface area contributed by atoms with E-state index in [9.17, 15) is 4.39 Å². The molecule has 0 heterocycles. The van der Waals surface area contributed by atoms with Crippen LogP contribution < -0.4 is 4.74 Å². The number of rotatable bonds is 5. The fraction of sp³-hybridized carbons (Fsp3) is 0.385. The Balaban J connectivity index is 2.93. The normalized spacial score (nSPS) is 10.1. The molecule has 0 saturated heterocycles. The highest BCUT2D eigenvalue weighted by atomic mass is 19.1. The number of benzene rings is 1. The van der Waals surface area contributed by atoms with Gasteiger partial charge in [-0.1, -0.05) is 12.1 Å².